The summed E-state index contributed by atoms with van der Waals surface area (Å²) < 4.78 is 37.8. The van der Waals surface area contributed by atoms with Crippen molar-refractivity contribution in [1.82, 2.24) is 15.5 Å². The van der Waals surface area contributed by atoms with Crippen molar-refractivity contribution in [2.45, 2.75) is 43.6 Å². The standard InChI is InChI=1S/C18H19F3N4O2/c19-18(20,21)12-5-3-11(4-6-12)16(26)24-13-8-15(23-10-13)17(27)25-7-1-2-14(25)9-22/h3-6,13-15,23H,1-2,7-8,10H2,(H,24,26)/t13-,14-,15-/m0/s1. The number of alkyl halides is 3. The van der Waals surface area contributed by atoms with Crippen LogP contribution in [0.4, 0.5) is 13.2 Å². The van der Waals surface area contributed by atoms with Gasteiger partial charge in [0.05, 0.1) is 17.7 Å². The van der Waals surface area contributed by atoms with E-state index in [0.29, 0.717) is 25.9 Å². The summed E-state index contributed by atoms with van der Waals surface area (Å²) >= 11 is 0. The Labute approximate surface area is 154 Å². The number of likely N-dealkylation sites (tertiary alicyclic amines) is 1. The van der Waals surface area contributed by atoms with Gasteiger partial charge in [-0.05, 0) is 43.5 Å². The first-order valence-electron chi connectivity index (χ1n) is 8.71. The molecule has 2 aliphatic rings. The van der Waals surface area contributed by atoms with Crippen molar-refractivity contribution in [2.75, 3.05) is 13.1 Å². The maximum atomic E-state index is 12.6. The third-order valence-corrected chi connectivity index (χ3v) is 4.92. The lowest BCUT2D eigenvalue weighted by Crippen LogP contribution is -2.45. The summed E-state index contributed by atoms with van der Waals surface area (Å²) in [6, 6.07) is 4.93. The fourth-order valence-corrected chi connectivity index (χ4v) is 3.48. The van der Waals surface area contributed by atoms with Gasteiger partial charge in [0.1, 0.15) is 6.04 Å². The van der Waals surface area contributed by atoms with E-state index >= 15 is 0 Å². The molecule has 0 bridgehead atoms. The minimum atomic E-state index is -4.45. The van der Waals surface area contributed by atoms with Crippen LogP contribution in [0, 0.1) is 11.3 Å². The summed E-state index contributed by atoms with van der Waals surface area (Å²) in [6.45, 7) is 0.936. The molecule has 2 aliphatic heterocycles. The van der Waals surface area contributed by atoms with E-state index in [4.69, 9.17) is 5.26 Å². The van der Waals surface area contributed by atoms with Crippen LogP contribution >= 0.6 is 0 Å². The molecule has 0 unspecified atom stereocenters. The van der Waals surface area contributed by atoms with Crippen LogP contribution in [-0.2, 0) is 11.0 Å². The lowest BCUT2D eigenvalue weighted by molar-refractivity contribution is -0.137. The predicted octanol–water partition coefficient (Wildman–Crippen LogP) is 1.68. The number of hydrogen-bond donors (Lipinski definition) is 2. The van der Waals surface area contributed by atoms with Crippen LogP contribution in [0.2, 0.25) is 0 Å². The molecule has 0 aromatic heterocycles. The zero-order chi connectivity index (χ0) is 19.6. The van der Waals surface area contributed by atoms with E-state index in [1.54, 1.807) is 4.90 Å². The van der Waals surface area contributed by atoms with Crippen LogP contribution < -0.4 is 10.6 Å². The van der Waals surface area contributed by atoms with Crippen molar-refractivity contribution >= 4 is 11.8 Å². The monoisotopic (exact) mass is 380 g/mol. The van der Waals surface area contributed by atoms with Gasteiger partial charge in [0, 0.05) is 24.7 Å². The number of carbonyl (C=O) groups excluding carboxylic acids is 2. The quantitative estimate of drug-likeness (QED) is 0.836. The topological polar surface area (TPSA) is 85.2 Å². The molecule has 0 saturated carbocycles. The molecule has 2 saturated heterocycles. The fraction of sp³-hybridized carbons (Fsp3) is 0.500. The van der Waals surface area contributed by atoms with E-state index in [1.165, 1.54) is 0 Å². The van der Waals surface area contributed by atoms with Gasteiger partial charge >= 0.3 is 6.18 Å². The molecule has 9 heteroatoms. The van der Waals surface area contributed by atoms with Gasteiger partial charge in [-0.1, -0.05) is 0 Å². The zero-order valence-corrected chi connectivity index (χ0v) is 14.4. The fourth-order valence-electron chi connectivity index (χ4n) is 3.48. The van der Waals surface area contributed by atoms with E-state index in [2.05, 4.69) is 16.7 Å². The SMILES string of the molecule is N#C[C@@H]1CCCN1C(=O)[C@@H]1C[C@H](NC(=O)c2ccc(C(F)(F)F)cc2)CN1. The lowest BCUT2D eigenvalue weighted by Gasteiger charge is -2.23. The molecule has 2 heterocycles. The molecule has 2 fully saturated rings. The van der Waals surface area contributed by atoms with Gasteiger partial charge in [-0.25, -0.2) is 0 Å². The Morgan fingerprint density at radius 2 is 1.96 bits per heavy atom. The summed E-state index contributed by atoms with van der Waals surface area (Å²) in [5.74, 6) is -0.634. The molecule has 0 spiro atoms. The Kier molecular flexibility index (Phi) is 5.37. The van der Waals surface area contributed by atoms with E-state index in [-0.39, 0.29) is 17.5 Å². The van der Waals surface area contributed by atoms with Crippen molar-refractivity contribution in [3.8, 4) is 6.07 Å². The van der Waals surface area contributed by atoms with Crippen molar-refractivity contribution in [1.29, 1.82) is 5.26 Å². The number of amides is 2. The van der Waals surface area contributed by atoms with Crippen molar-refractivity contribution in [3.63, 3.8) is 0 Å². The molecule has 6 nitrogen and oxygen atoms in total. The second-order valence-corrected chi connectivity index (χ2v) is 6.76. The molecular weight excluding hydrogens is 361 g/mol. The smallest absolute Gasteiger partial charge is 0.348 e. The third kappa shape index (κ3) is 4.22. The highest BCUT2D eigenvalue weighted by Gasteiger charge is 2.37. The summed E-state index contributed by atoms with van der Waals surface area (Å²) in [4.78, 5) is 26.3. The Morgan fingerprint density at radius 1 is 1.26 bits per heavy atom. The zero-order valence-electron chi connectivity index (χ0n) is 14.4. The Hall–Kier alpha value is -2.60. The Bertz CT molecular complexity index is 757. The Morgan fingerprint density at radius 3 is 2.59 bits per heavy atom. The minimum Gasteiger partial charge on any atom is -0.348 e. The van der Waals surface area contributed by atoms with Gasteiger partial charge in [-0.15, -0.1) is 0 Å². The van der Waals surface area contributed by atoms with Gasteiger partial charge in [0.25, 0.3) is 5.91 Å². The van der Waals surface area contributed by atoms with Crippen LogP contribution in [0.1, 0.15) is 35.2 Å². The first kappa shape index (κ1) is 19.2. The highest BCUT2D eigenvalue weighted by Crippen LogP contribution is 2.29. The molecular formula is C18H19F3N4O2. The van der Waals surface area contributed by atoms with Crippen molar-refractivity contribution in [2.24, 2.45) is 0 Å². The van der Waals surface area contributed by atoms with E-state index in [9.17, 15) is 22.8 Å². The van der Waals surface area contributed by atoms with E-state index in [0.717, 1.165) is 30.7 Å². The first-order valence-corrected chi connectivity index (χ1v) is 8.71. The maximum absolute atomic E-state index is 12.6. The largest absolute Gasteiger partial charge is 0.416 e. The molecule has 2 N–H and O–H groups in total. The highest BCUT2D eigenvalue weighted by atomic mass is 19.4. The van der Waals surface area contributed by atoms with Gasteiger partial charge in [-0.3, -0.25) is 9.59 Å². The van der Waals surface area contributed by atoms with Crippen molar-refractivity contribution < 1.29 is 22.8 Å². The number of nitrogens with zero attached hydrogens (tertiary/aromatic N) is 2. The van der Waals surface area contributed by atoms with E-state index < -0.39 is 29.7 Å². The first-order chi connectivity index (χ1) is 12.8. The third-order valence-electron chi connectivity index (χ3n) is 4.92. The predicted molar refractivity (Wildman–Crippen MR) is 89.5 cm³/mol. The second-order valence-electron chi connectivity index (χ2n) is 6.76. The molecule has 1 aromatic carbocycles. The number of rotatable bonds is 3. The molecule has 144 valence electrons. The van der Waals surface area contributed by atoms with Crippen molar-refractivity contribution in [3.05, 3.63) is 35.4 Å². The van der Waals surface area contributed by atoms with Crippen LogP contribution in [-0.4, -0.2) is 47.9 Å². The molecule has 0 aliphatic carbocycles. The molecule has 3 atom stereocenters. The van der Waals surface area contributed by atoms with Crippen LogP contribution in [0.15, 0.2) is 24.3 Å². The minimum absolute atomic E-state index is 0.127. The molecule has 1 aromatic rings. The number of benzene rings is 1. The van der Waals surface area contributed by atoms with E-state index in [1.807, 2.05) is 0 Å². The number of hydrogen-bond acceptors (Lipinski definition) is 4. The number of carbonyl (C=O) groups is 2. The number of halogens is 3. The highest BCUT2D eigenvalue weighted by molar-refractivity contribution is 5.94. The van der Waals surface area contributed by atoms with Gasteiger partial charge in [0.15, 0.2) is 0 Å². The summed E-state index contributed by atoms with van der Waals surface area (Å²) in [5.41, 5.74) is -0.688. The molecule has 2 amide bonds. The second kappa shape index (κ2) is 7.56. The maximum Gasteiger partial charge on any atom is 0.416 e. The summed E-state index contributed by atoms with van der Waals surface area (Å²) in [6.07, 6.45) is -2.61. The molecule has 0 radical (unpaired) electrons. The molecule has 27 heavy (non-hydrogen) atoms. The lowest BCUT2D eigenvalue weighted by atomic mass is 10.1. The van der Waals surface area contributed by atoms with Gasteiger partial charge in [0.2, 0.25) is 5.91 Å². The normalized spacial score (nSPS) is 25.3. The summed E-state index contributed by atoms with van der Waals surface area (Å²) in [7, 11) is 0. The van der Waals surface area contributed by atoms with Crippen LogP contribution in [0.3, 0.4) is 0 Å². The molecule has 3 rings (SSSR count). The average molecular weight is 380 g/mol. The number of nitrogens with one attached hydrogen (secondary N) is 2. The number of nitriles is 1. The Balaban J connectivity index is 1.56. The van der Waals surface area contributed by atoms with Gasteiger partial charge in [-0.2, -0.15) is 18.4 Å². The summed E-state index contributed by atoms with van der Waals surface area (Å²) in [5, 5.41) is 14.9. The van der Waals surface area contributed by atoms with Crippen LogP contribution in [0.5, 0.6) is 0 Å². The van der Waals surface area contributed by atoms with Crippen LogP contribution in [0.25, 0.3) is 0 Å². The van der Waals surface area contributed by atoms with Gasteiger partial charge < -0.3 is 15.5 Å². The average Bonchev–Trinajstić information content (AvgIpc) is 3.29.